The Morgan fingerprint density at radius 2 is 1.83 bits per heavy atom. The number of rotatable bonds is 5. The Balaban J connectivity index is 1.31. The van der Waals surface area contributed by atoms with Gasteiger partial charge in [-0.2, -0.15) is 0 Å². The molecule has 0 saturated carbocycles. The number of amides is 2. The van der Waals surface area contributed by atoms with Crippen LogP contribution in [0.25, 0.3) is 0 Å². The minimum atomic E-state index is -0.150. The van der Waals surface area contributed by atoms with E-state index in [1.165, 1.54) is 17.3 Å². The van der Waals surface area contributed by atoms with Crippen LogP contribution in [0, 0.1) is 0 Å². The van der Waals surface area contributed by atoms with Crippen molar-refractivity contribution in [1.82, 2.24) is 10.2 Å². The number of hydrogen-bond acceptors (Lipinski definition) is 5. The van der Waals surface area contributed by atoms with Crippen LogP contribution in [0.15, 0.2) is 47.4 Å². The van der Waals surface area contributed by atoms with Crippen LogP contribution in [0.1, 0.15) is 35.3 Å². The van der Waals surface area contributed by atoms with Gasteiger partial charge in [-0.25, -0.2) is 0 Å². The van der Waals surface area contributed by atoms with Crippen molar-refractivity contribution in [2.75, 3.05) is 24.2 Å². The molecule has 2 aliphatic heterocycles. The third-order valence-electron chi connectivity index (χ3n) is 5.25. The minimum Gasteiger partial charge on any atom is -0.373 e. The second kappa shape index (κ2) is 9.20. The Hall–Kier alpha value is -2.35. The zero-order valence-corrected chi connectivity index (χ0v) is 18.1. The van der Waals surface area contributed by atoms with Crippen molar-refractivity contribution in [1.29, 1.82) is 0 Å². The highest BCUT2D eigenvalue weighted by atomic mass is 32.2. The monoisotopic (exact) mass is 425 g/mol. The van der Waals surface area contributed by atoms with Gasteiger partial charge >= 0.3 is 0 Å². The van der Waals surface area contributed by atoms with E-state index in [1.54, 1.807) is 12.1 Å². The molecule has 2 heterocycles. The van der Waals surface area contributed by atoms with Gasteiger partial charge in [0, 0.05) is 36.6 Å². The molecule has 6 nitrogen and oxygen atoms in total. The van der Waals surface area contributed by atoms with Crippen LogP contribution in [0.3, 0.4) is 0 Å². The molecule has 7 heteroatoms. The fourth-order valence-electron chi connectivity index (χ4n) is 3.94. The second-order valence-electron chi connectivity index (χ2n) is 8.00. The maximum atomic E-state index is 12.5. The van der Waals surface area contributed by atoms with E-state index < -0.39 is 0 Å². The SMILES string of the molecule is CC1CN(Cc2ccc(CNC(=O)c3ccc4c(c3)NC(=O)CS4)cc2)CC(C)O1. The van der Waals surface area contributed by atoms with Gasteiger partial charge in [-0.1, -0.05) is 24.3 Å². The highest BCUT2D eigenvalue weighted by molar-refractivity contribution is 8.00. The number of benzene rings is 2. The lowest BCUT2D eigenvalue weighted by Gasteiger charge is -2.35. The number of fused-ring (bicyclic) bond motifs is 1. The first kappa shape index (κ1) is 20.9. The van der Waals surface area contributed by atoms with Gasteiger partial charge in [0.1, 0.15) is 0 Å². The number of carbonyl (C=O) groups is 2. The first-order valence-electron chi connectivity index (χ1n) is 10.3. The zero-order valence-electron chi connectivity index (χ0n) is 17.3. The van der Waals surface area contributed by atoms with Gasteiger partial charge < -0.3 is 15.4 Å². The van der Waals surface area contributed by atoms with Crippen molar-refractivity contribution in [3.63, 3.8) is 0 Å². The third-order valence-corrected chi connectivity index (χ3v) is 6.33. The molecular weight excluding hydrogens is 398 g/mol. The van der Waals surface area contributed by atoms with E-state index in [1.807, 2.05) is 6.07 Å². The van der Waals surface area contributed by atoms with Crippen LogP contribution >= 0.6 is 11.8 Å². The Bertz CT molecular complexity index is 922. The highest BCUT2D eigenvalue weighted by Crippen LogP contribution is 2.31. The summed E-state index contributed by atoms with van der Waals surface area (Å²) >= 11 is 1.49. The number of morpholine rings is 1. The first-order chi connectivity index (χ1) is 14.5. The van der Waals surface area contributed by atoms with Crippen LogP contribution < -0.4 is 10.6 Å². The van der Waals surface area contributed by atoms with Gasteiger partial charge in [-0.05, 0) is 43.2 Å². The average molecular weight is 426 g/mol. The van der Waals surface area contributed by atoms with Crippen LogP contribution in [-0.4, -0.2) is 47.8 Å². The van der Waals surface area contributed by atoms with E-state index in [0.717, 1.165) is 30.1 Å². The molecule has 2 aliphatic rings. The van der Waals surface area contributed by atoms with Gasteiger partial charge in [0.25, 0.3) is 5.91 Å². The minimum absolute atomic E-state index is 0.0360. The van der Waals surface area contributed by atoms with Gasteiger partial charge in [0.2, 0.25) is 5.91 Å². The molecule has 2 amide bonds. The standard InChI is InChI=1S/C23H27N3O3S/c1-15-11-26(12-16(2)29-15)13-18-5-3-17(4-6-18)10-24-23(28)19-7-8-21-20(9-19)25-22(27)14-30-21/h3-9,15-16H,10-14H2,1-2H3,(H,24,28)(H,25,27). The van der Waals surface area contributed by atoms with E-state index in [0.29, 0.717) is 23.5 Å². The van der Waals surface area contributed by atoms with Crippen molar-refractivity contribution in [3.05, 3.63) is 59.2 Å². The number of nitrogens with zero attached hydrogens (tertiary/aromatic N) is 1. The quantitative estimate of drug-likeness (QED) is 0.769. The lowest BCUT2D eigenvalue weighted by molar-refractivity contribution is -0.113. The molecule has 0 aromatic heterocycles. The van der Waals surface area contributed by atoms with Crippen molar-refractivity contribution in [2.24, 2.45) is 0 Å². The molecule has 4 rings (SSSR count). The molecule has 0 aliphatic carbocycles. The van der Waals surface area contributed by atoms with E-state index in [-0.39, 0.29) is 24.0 Å². The molecular formula is C23H27N3O3S. The van der Waals surface area contributed by atoms with Gasteiger partial charge in [0.15, 0.2) is 0 Å². The third kappa shape index (κ3) is 5.22. The summed E-state index contributed by atoms with van der Waals surface area (Å²) in [5, 5.41) is 5.78. The summed E-state index contributed by atoms with van der Waals surface area (Å²) in [5.74, 6) is 0.229. The normalized spacial score (nSPS) is 21.6. The van der Waals surface area contributed by atoms with Crippen molar-refractivity contribution < 1.29 is 14.3 Å². The molecule has 2 atom stereocenters. The zero-order chi connectivity index (χ0) is 21.1. The summed E-state index contributed by atoms with van der Waals surface area (Å²) in [4.78, 5) is 27.5. The Morgan fingerprint density at radius 1 is 1.13 bits per heavy atom. The van der Waals surface area contributed by atoms with Gasteiger partial charge in [0.05, 0.1) is 23.6 Å². The van der Waals surface area contributed by atoms with Crippen LogP contribution in [0.4, 0.5) is 5.69 Å². The number of thioether (sulfide) groups is 1. The summed E-state index contributed by atoms with van der Waals surface area (Å²) in [6.07, 6.45) is 0.525. The lowest BCUT2D eigenvalue weighted by atomic mass is 10.1. The predicted molar refractivity (Wildman–Crippen MR) is 119 cm³/mol. The summed E-state index contributed by atoms with van der Waals surface area (Å²) in [6, 6.07) is 13.8. The summed E-state index contributed by atoms with van der Waals surface area (Å²) < 4.78 is 5.80. The Labute approximate surface area is 181 Å². The summed E-state index contributed by atoms with van der Waals surface area (Å²) in [5.41, 5.74) is 3.57. The fraction of sp³-hybridized carbons (Fsp3) is 0.391. The Kier molecular flexibility index (Phi) is 6.41. The van der Waals surface area contributed by atoms with Gasteiger partial charge in [-0.3, -0.25) is 14.5 Å². The van der Waals surface area contributed by atoms with E-state index in [4.69, 9.17) is 4.74 Å². The van der Waals surface area contributed by atoms with Crippen molar-refractivity contribution >= 4 is 29.3 Å². The van der Waals surface area contributed by atoms with Gasteiger partial charge in [-0.15, -0.1) is 11.8 Å². The molecule has 2 aromatic carbocycles. The average Bonchev–Trinajstić information content (AvgIpc) is 2.71. The molecule has 30 heavy (non-hydrogen) atoms. The maximum Gasteiger partial charge on any atom is 0.251 e. The molecule has 0 bridgehead atoms. The van der Waals surface area contributed by atoms with Crippen LogP contribution in [0.5, 0.6) is 0 Å². The molecule has 1 saturated heterocycles. The van der Waals surface area contributed by atoms with E-state index in [2.05, 4.69) is 53.6 Å². The molecule has 2 aromatic rings. The predicted octanol–water partition coefficient (Wildman–Crippen LogP) is 3.27. The van der Waals surface area contributed by atoms with Crippen LogP contribution in [-0.2, 0) is 22.6 Å². The molecule has 0 spiro atoms. The van der Waals surface area contributed by atoms with Crippen molar-refractivity contribution in [2.45, 2.75) is 44.0 Å². The highest BCUT2D eigenvalue weighted by Gasteiger charge is 2.22. The van der Waals surface area contributed by atoms with Crippen molar-refractivity contribution in [3.8, 4) is 0 Å². The second-order valence-corrected chi connectivity index (χ2v) is 9.02. The van der Waals surface area contributed by atoms with E-state index in [9.17, 15) is 9.59 Å². The van der Waals surface area contributed by atoms with Crippen LogP contribution in [0.2, 0.25) is 0 Å². The topological polar surface area (TPSA) is 70.7 Å². The molecule has 2 unspecified atom stereocenters. The fourth-order valence-corrected chi connectivity index (χ4v) is 4.73. The largest absolute Gasteiger partial charge is 0.373 e. The maximum absolute atomic E-state index is 12.5. The smallest absolute Gasteiger partial charge is 0.251 e. The number of nitrogens with one attached hydrogen (secondary N) is 2. The summed E-state index contributed by atoms with van der Waals surface area (Å²) in [6.45, 7) is 7.49. The number of anilines is 1. The molecule has 0 radical (unpaired) electrons. The van der Waals surface area contributed by atoms with E-state index >= 15 is 0 Å². The molecule has 2 N–H and O–H groups in total. The number of hydrogen-bond donors (Lipinski definition) is 2. The Morgan fingerprint density at radius 3 is 2.57 bits per heavy atom. The number of carbonyl (C=O) groups excluding carboxylic acids is 2. The number of ether oxygens (including phenoxy) is 1. The summed E-state index contributed by atoms with van der Waals surface area (Å²) in [7, 11) is 0. The first-order valence-corrected chi connectivity index (χ1v) is 11.3. The molecule has 158 valence electrons. The lowest BCUT2D eigenvalue weighted by Crippen LogP contribution is -2.44. The molecule has 1 fully saturated rings.